The van der Waals surface area contributed by atoms with Crippen LogP contribution in [0.2, 0.25) is 0 Å². The maximum Gasteiger partial charge on any atom is 0.317 e. The minimum Gasteiger partial charge on any atom is -0.348 e. The molecule has 7 heteroatoms. The van der Waals surface area contributed by atoms with Gasteiger partial charge in [0.15, 0.2) is 0 Å². The average molecular weight is 415 g/mol. The molecular formula is C23H27F2N3O2. The summed E-state index contributed by atoms with van der Waals surface area (Å²) in [6, 6.07) is 10.6. The largest absolute Gasteiger partial charge is 0.348 e. The second kappa shape index (κ2) is 10.2. The quantitative estimate of drug-likeness (QED) is 0.752. The van der Waals surface area contributed by atoms with E-state index in [0.29, 0.717) is 23.6 Å². The van der Waals surface area contributed by atoms with Crippen molar-refractivity contribution in [1.82, 2.24) is 15.5 Å². The van der Waals surface area contributed by atoms with Crippen molar-refractivity contribution >= 4 is 11.9 Å². The fourth-order valence-corrected chi connectivity index (χ4v) is 3.73. The van der Waals surface area contributed by atoms with Crippen LogP contribution in [0.3, 0.4) is 0 Å². The zero-order valence-corrected chi connectivity index (χ0v) is 17.1. The molecule has 0 radical (unpaired) electrons. The highest BCUT2D eigenvalue weighted by molar-refractivity contribution is 5.94. The van der Waals surface area contributed by atoms with E-state index in [1.54, 1.807) is 12.1 Å². The third-order valence-corrected chi connectivity index (χ3v) is 5.35. The van der Waals surface area contributed by atoms with Gasteiger partial charge in [-0.05, 0) is 67.5 Å². The number of piperidine rings is 1. The minimum absolute atomic E-state index is 0.00675. The van der Waals surface area contributed by atoms with Crippen LogP contribution in [0.15, 0.2) is 42.5 Å². The Bertz CT molecular complexity index is 858. The molecule has 30 heavy (non-hydrogen) atoms. The lowest BCUT2D eigenvalue weighted by Crippen LogP contribution is -2.44. The van der Waals surface area contributed by atoms with Crippen molar-refractivity contribution in [2.45, 2.75) is 32.7 Å². The van der Waals surface area contributed by atoms with Crippen LogP contribution >= 0.6 is 0 Å². The first-order valence-corrected chi connectivity index (χ1v) is 10.3. The average Bonchev–Trinajstić information content (AvgIpc) is 2.72. The van der Waals surface area contributed by atoms with Gasteiger partial charge < -0.3 is 15.5 Å². The number of nitrogens with one attached hydrogen (secondary N) is 2. The molecule has 1 aliphatic heterocycles. The van der Waals surface area contributed by atoms with E-state index in [9.17, 15) is 18.4 Å². The molecule has 0 aliphatic carbocycles. The van der Waals surface area contributed by atoms with Crippen LogP contribution in [0.1, 0.15) is 41.3 Å². The van der Waals surface area contributed by atoms with Gasteiger partial charge in [-0.1, -0.05) is 12.1 Å². The van der Waals surface area contributed by atoms with Crippen LogP contribution in [0, 0.1) is 17.6 Å². The Balaban J connectivity index is 1.47. The van der Waals surface area contributed by atoms with Crippen molar-refractivity contribution in [3.05, 3.63) is 70.8 Å². The molecule has 1 saturated heterocycles. The lowest BCUT2D eigenvalue weighted by molar-refractivity contribution is 0.0950. The molecule has 3 amide bonds. The van der Waals surface area contributed by atoms with E-state index in [1.807, 2.05) is 24.0 Å². The Morgan fingerprint density at radius 1 is 0.967 bits per heavy atom. The van der Waals surface area contributed by atoms with Crippen LogP contribution in [0.25, 0.3) is 0 Å². The molecule has 160 valence electrons. The minimum atomic E-state index is -0.666. The van der Waals surface area contributed by atoms with Gasteiger partial charge in [0, 0.05) is 37.8 Å². The van der Waals surface area contributed by atoms with Crippen molar-refractivity contribution in [3.63, 3.8) is 0 Å². The highest BCUT2D eigenvalue weighted by Gasteiger charge is 2.22. The standard InChI is InChI=1S/C23H27F2N3O2/c1-2-26-23(30)28-9-7-17(8-10-28)11-16-3-5-19(6-4-16)22(29)27-15-18-12-20(24)14-21(25)13-18/h3-6,12-14,17H,2,7-11,15H2,1H3,(H,26,30)(H,27,29). The van der Waals surface area contributed by atoms with E-state index in [1.165, 1.54) is 12.1 Å². The van der Waals surface area contributed by atoms with Gasteiger partial charge in [0.05, 0.1) is 0 Å². The zero-order chi connectivity index (χ0) is 21.5. The third-order valence-electron chi connectivity index (χ3n) is 5.35. The lowest BCUT2D eigenvalue weighted by Gasteiger charge is -2.32. The molecule has 0 spiro atoms. The summed E-state index contributed by atoms with van der Waals surface area (Å²) in [5, 5.41) is 5.52. The number of rotatable bonds is 6. The molecule has 0 atom stereocenters. The molecule has 2 aromatic carbocycles. The van der Waals surface area contributed by atoms with Crippen LogP contribution < -0.4 is 10.6 Å². The number of carbonyl (C=O) groups excluding carboxylic acids is 2. The number of nitrogens with zero attached hydrogens (tertiary/aromatic N) is 1. The number of carbonyl (C=O) groups is 2. The van der Waals surface area contributed by atoms with E-state index in [4.69, 9.17) is 0 Å². The van der Waals surface area contributed by atoms with Crippen molar-refractivity contribution in [2.75, 3.05) is 19.6 Å². The first-order chi connectivity index (χ1) is 14.4. The molecule has 2 N–H and O–H groups in total. The van der Waals surface area contributed by atoms with Gasteiger partial charge in [-0.15, -0.1) is 0 Å². The summed E-state index contributed by atoms with van der Waals surface area (Å²) >= 11 is 0. The van der Waals surface area contributed by atoms with E-state index in [-0.39, 0.29) is 18.5 Å². The van der Waals surface area contributed by atoms with Crippen LogP contribution in [0.5, 0.6) is 0 Å². The van der Waals surface area contributed by atoms with E-state index < -0.39 is 11.6 Å². The summed E-state index contributed by atoms with van der Waals surface area (Å²) in [4.78, 5) is 26.0. The number of amides is 3. The second-order valence-corrected chi connectivity index (χ2v) is 7.63. The van der Waals surface area contributed by atoms with Gasteiger partial charge in [0.2, 0.25) is 0 Å². The lowest BCUT2D eigenvalue weighted by atomic mass is 9.90. The van der Waals surface area contributed by atoms with Gasteiger partial charge in [-0.3, -0.25) is 4.79 Å². The van der Waals surface area contributed by atoms with Crippen molar-refractivity contribution in [1.29, 1.82) is 0 Å². The summed E-state index contributed by atoms with van der Waals surface area (Å²) in [6.07, 6.45) is 2.83. The van der Waals surface area contributed by atoms with Crippen molar-refractivity contribution in [3.8, 4) is 0 Å². The van der Waals surface area contributed by atoms with Crippen molar-refractivity contribution in [2.24, 2.45) is 5.92 Å². The number of benzene rings is 2. The number of urea groups is 1. The predicted molar refractivity (Wildman–Crippen MR) is 111 cm³/mol. The Morgan fingerprint density at radius 3 is 2.20 bits per heavy atom. The molecule has 0 unspecified atom stereocenters. The third kappa shape index (κ3) is 6.02. The molecule has 1 heterocycles. The van der Waals surface area contributed by atoms with Gasteiger partial charge in [0.25, 0.3) is 5.91 Å². The van der Waals surface area contributed by atoms with E-state index >= 15 is 0 Å². The van der Waals surface area contributed by atoms with Gasteiger partial charge in [-0.2, -0.15) is 0 Å². The van der Waals surface area contributed by atoms with Crippen molar-refractivity contribution < 1.29 is 18.4 Å². The maximum atomic E-state index is 13.2. The number of hydrogen-bond donors (Lipinski definition) is 2. The molecule has 3 rings (SSSR count). The Kier molecular flexibility index (Phi) is 7.38. The molecular weight excluding hydrogens is 388 g/mol. The number of hydrogen-bond acceptors (Lipinski definition) is 2. The predicted octanol–water partition coefficient (Wildman–Crippen LogP) is 3.88. The molecule has 1 fully saturated rings. The Morgan fingerprint density at radius 2 is 1.60 bits per heavy atom. The second-order valence-electron chi connectivity index (χ2n) is 7.63. The van der Waals surface area contributed by atoms with Gasteiger partial charge in [0.1, 0.15) is 11.6 Å². The number of halogens is 2. The molecule has 0 aromatic heterocycles. The maximum absolute atomic E-state index is 13.2. The molecule has 2 aromatic rings. The van der Waals surface area contributed by atoms with E-state index in [0.717, 1.165) is 44.0 Å². The highest BCUT2D eigenvalue weighted by Crippen LogP contribution is 2.22. The summed E-state index contributed by atoms with van der Waals surface area (Å²) in [5.41, 5.74) is 2.02. The fraction of sp³-hybridized carbons (Fsp3) is 0.391. The topological polar surface area (TPSA) is 61.4 Å². The molecule has 0 bridgehead atoms. The summed E-state index contributed by atoms with van der Waals surface area (Å²) in [6.45, 7) is 4.13. The molecule has 5 nitrogen and oxygen atoms in total. The summed E-state index contributed by atoms with van der Waals surface area (Å²) < 4.78 is 26.5. The molecule has 0 saturated carbocycles. The van der Waals surface area contributed by atoms with Crippen LogP contribution in [-0.2, 0) is 13.0 Å². The smallest absolute Gasteiger partial charge is 0.317 e. The van der Waals surface area contributed by atoms with E-state index in [2.05, 4.69) is 10.6 Å². The zero-order valence-electron chi connectivity index (χ0n) is 17.1. The number of likely N-dealkylation sites (tertiary alicyclic amines) is 1. The first-order valence-electron chi connectivity index (χ1n) is 10.3. The summed E-state index contributed by atoms with van der Waals surface area (Å²) in [5.74, 6) is -1.11. The Labute approximate surface area is 175 Å². The van der Waals surface area contributed by atoms with Gasteiger partial charge >= 0.3 is 6.03 Å². The first kappa shape index (κ1) is 21.7. The Hall–Kier alpha value is -2.96. The fourth-order valence-electron chi connectivity index (χ4n) is 3.73. The molecule has 1 aliphatic rings. The normalized spacial score (nSPS) is 14.4. The SMILES string of the molecule is CCNC(=O)N1CCC(Cc2ccc(C(=O)NCc3cc(F)cc(F)c3)cc2)CC1. The summed E-state index contributed by atoms with van der Waals surface area (Å²) in [7, 11) is 0. The van der Waals surface area contributed by atoms with Crippen LogP contribution in [-0.4, -0.2) is 36.5 Å². The highest BCUT2D eigenvalue weighted by atomic mass is 19.1. The monoisotopic (exact) mass is 415 g/mol. The van der Waals surface area contributed by atoms with Gasteiger partial charge in [-0.25, -0.2) is 13.6 Å². The van der Waals surface area contributed by atoms with Crippen LogP contribution in [0.4, 0.5) is 13.6 Å².